The Morgan fingerprint density at radius 3 is 2.27 bits per heavy atom. The molecule has 0 aliphatic carbocycles. The van der Waals surface area contributed by atoms with Gasteiger partial charge in [-0.2, -0.15) is 0 Å². The van der Waals surface area contributed by atoms with Gasteiger partial charge in [0.05, 0.1) is 10.5 Å². The van der Waals surface area contributed by atoms with Gasteiger partial charge in [-0.3, -0.25) is 14.9 Å². The first-order valence-electron chi connectivity index (χ1n) is 6.15. The fourth-order valence-corrected chi connectivity index (χ4v) is 2.64. The smallest absolute Gasteiger partial charge is 0.335 e. The molecule has 0 bridgehead atoms. The maximum Gasteiger partial charge on any atom is 0.335 e. The van der Waals surface area contributed by atoms with Crippen molar-refractivity contribution in [1.29, 1.82) is 0 Å². The first-order chi connectivity index (χ1) is 10.5. The van der Waals surface area contributed by atoms with Crippen molar-refractivity contribution < 1.29 is 19.6 Å². The predicted molar refractivity (Wildman–Crippen MR) is 81.7 cm³/mol. The Labute approximate surface area is 129 Å². The van der Waals surface area contributed by atoms with Crippen LogP contribution in [-0.2, 0) is 0 Å². The molecule has 0 spiro atoms. The van der Waals surface area contributed by atoms with Crippen LogP contribution in [0.4, 0.5) is 5.69 Å². The Kier molecular flexibility index (Phi) is 4.57. The number of rotatable bonds is 5. The Balaban J connectivity index is 2.71. The number of nitrogens with zero attached hydrogens (tertiary/aromatic N) is 1. The molecular weight excluding hydrogens is 306 g/mol. The highest BCUT2D eigenvalue weighted by Crippen LogP contribution is 2.32. The lowest BCUT2D eigenvalue weighted by Crippen LogP contribution is -2.09. The van der Waals surface area contributed by atoms with Crippen molar-refractivity contribution in [1.82, 2.24) is 0 Å². The summed E-state index contributed by atoms with van der Waals surface area (Å²) in [6.07, 6.45) is 1.63. The lowest BCUT2D eigenvalue weighted by Gasteiger charge is -2.09. The van der Waals surface area contributed by atoms with Crippen LogP contribution >= 0.6 is 11.8 Å². The number of carbonyl (C=O) groups is 2. The lowest BCUT2D eigenvalue weighted by atomic mass is 10.00. The van der Waals surface area contributed by atoms with Gasteiger partial charge in [-0.05, 0) is 12.3 Å². The Bertz CT molecular complexity index is 758. The number of hydrogen-bond donors (Lipinski definition) is 1. The van der Waals surface area contributed by atoms with Crippen LogP contribution in [0.1, 0.15) is 26.3 Å². The molecule has 1 N–H and O–H groups in total. The second-order valence-electron chi connectivity index (χ2n) is 4.33. The maximum atomic E-state index is 12.6. The van der Waals surface area contributed by atoms with Gasteiger partial charge < -0.3 is 5.11 Å². The van der Waals surface area contributed by atoms with Crippen LogP contribution in [0.5, 0.6) is 0 Å². The molecule has 0 amide bonds. The minimum atomic E-state index is -1.28. The fraction of sp³-hybridized carbons (Fsp3) is 0.0667. The summed E-state index contributed by atoms with van der Waals surface area (Å²) in [5.41, 5.74) is -0.503. The van der Waals surface area contributed by atoms with Crippen LogP contribution in [-0.4, -0.2) is 28.0 Å². The molecule has 0 unspecified atom stereocenters. The van der Waals surface area contributed by atoms with Gasteiger partial charge in [-0.15, -0.1) is 11.8 Å². The molecule has 0 fully saturated rings. The Morgan fingerprint density at radius 2 is 1.77 bits per heavy atom. The van der Waals surface area contributed by atoms with E-state index in [9.17, 15) is 19.7 Å². The molecule has 2 rings (SSSR count). The number of thioether (sulfide) groups is 1. The van der Waals surface area contributed by atoms with Crippen LogP contribution < -0.4 is 0 Å². The van der Waals surface area contributed by atoms with Gasteiger partial charge in [0, 0.05) is 16.5 Å². The van der Waals surface area contributed by atoms with Crippen molar-refractivity contribution in [2.75, 3.05) is 6.26 Å². The number of benzene rings is 2. The van der Waals surface area contributed by atoms with Crippen molar-refractivity contribution in [3.63, 3.8) is 0 Å². The lowest BCUT2D eigenvalue weighted by molar-refractivity contribution is -0.385. The summed E-state index contributed by atoms with van der Waals surface area (Å²) in [5, 5.41) is 20.3. The van der Waals surface area contributed by atoms with Crippen molar-refractivity contribution in [3.05, 3.63) is 69.3 Å². The topological polar surface area (TPSA) is 97.5 Å². The summed E-state index contributed by atoms with van der Waals surface area (Å²) < 4.78 is 0. The highest BCUT2D eigenvalue weighted by atomic mass is 32.2. The zero-order valence-corrected chi connectivity index (χ0v) is 12.3. The molecule has 0 saturated carbocycles. The van der Waals surface area contributed by atoms with E-state index in [1.54, 1.807) is 36.6 Å². The van der Waals surface area contributed by atoms with Crippen LogP contribution in [0.15, 0.2) is 47.4 Å². The van der Waals surface area contributed by atoms with Crippen molar-refractivity contribution >= 4 is 29.2 Å². The van der Waals surface area contributed by atoms with Crippen molar-refractivity contribution in [2.24, 2.45) is 0 Å². The van der Waals surface area contributed by atoms with Crippen molar-refractivity contribution in [2.45, 2.75) is 4.90 Å². The largest absolute Gasteiger partial charge is 0.478 e. The molecule has 0 atom stereocenters. The molecule has 0 heterocycles. The molecule has 6 nitrogen and oxygen atoms in total. The van der Waals surface area contributed by atoms with E-state index in [0.29, 0.717) is 5.56 Å². The van der Waals surface area contributed by atoms with Gasteiger partial charge in [0.15, 0.2) is 0 Å². The number of ketones is 1. The molecule has 0 aromatic heterocycles. The molecule has 2 aromatic rings. The van der Waals surface area contributed by atoms with Crippen molar-refractivity contribution in [3.8, 4) is 0 Å². The SMILES string of the molecule is CSc1cc(C(=O)O)cc([N+](=O)[O-])c1C(=O)c1ccccc1. The zero-order chi connectivity index (χ0) is 16.3. The number of carbonyl (C=O) groups excluding carboxylic acids is 1. The molecule has 112 valence electrons. The van der Waals surface area contributed by atoms with Gasteiger partial charge >= 0.3 is 5.97 Å². The second-order valence-corrected chi connectivity index (χ2v) is 5.18. The van der Waals surface area contributed by atoms with E-state index in [4.69, 9.17) is 5.11 Å². The first-order valence-corrected chi connectivity index (χ1v) is 7.37. The van der Waals surface area contributed by atoms with E-state index in [1.165, 1.54) is 6.07 Å². The van der Waals surface area contributed by atoms with E-state index >= 15 is 0 Å². The van der Waals surface area contributed by atoms with E-state index in [0.717, 1.165) is 17.8 Å². The Hall–Kier alpha value is -2.67. The van der Waals surface area contributed by atoms with Crippen LogP contribution in [0.25, 0.3) is 0 Å². The van der Waals surface area contributed by atoms with Gasteiger partial charge in [-0.25, -0.2) is 4.79 Å². The summed E-state index contributed by atoms with van der Waals surface area (Å²) in [7, 11) is 0. The fourth-order valence-electron chi connectivity index (χ4n) is 1.99. The third kappa shape index (κ3) is 2.99. The van der Waals surface area contributed by atoms with Gasteiger partial charge in [0.2, 0.25) is 5.78 Å². The number of hydrogen-bond acceptors (Lipinski definition) is 5. The third-order valence-electron chi connectivity index (χ3n) is 3.01. The van der Waals surface area contributed by atoms with E-state index < -0.39 is 22.4 Å². The van der Waals surface area contributed by atoms with E-state index in [2.05, 4.69) is 0 Å². The van der Waals surface area contributed by atoms with Crippen LogP contribution in [0.2, 0.25) is 0 Å². The summed E-state index contributed by atoms with van der Waals surface area (Å²) >= 11 is 1.09. The zero-order valence-electron chi connectivity index (χ0n) is 11.5. The minimum Gasteiger partial charge on any atom is -0.478 e. The average Bonchev–Trinajstić information content (AvgIpc) is 2.53. The first kappa shape index (κ1) is 15.7. The summed E-state index contributed by atoms with van der Waals surface area (Å²) in [4.78, 5) is 34.4. The average molecular weight is 317 g/mol. The number of carboxylic acid groups (broad SMARTS) is 1. The summed E-state index contributed by atoms with van der Waals surface area (Å²) in [5.74, 6) is -1.79. The maximum absolute atomic E-state index is 12.6. The molecule has 0 aliphatic heterocycles. The second kappa shape index (κ2) is 6.40. The van der Waals surface area contributed by atoms with Crippen LogP contribution in [0, 0.1) is 10.1 Å². The molecular formula is C15H11NO5S. The van der Waals surface area contributed by atoms with Gasteiger partial charge in [0.1, 0.15) is 5.56 Å². The number of aromatic carboxylic acids is 1. The molecule has 0 radical (unpaired) electrons. The third-order valence-corrected chi connectivity index (χ3v) is 3.77. The van der Waals surface area contributed by atoms with Gasteiger partial charge in [-0.1, -0.05) is 30.3 Å². The highest BCUT2D eigenvalue weighted by Gasteiger charge is 2.27. The Morgan fingerprint density at radius 1 is 1.14 bits per heavy atom. The quantitative estimate of drug-likeness (QED) is 0.393. The monoisotopic (exact) mass is 317 g/mol. The molecule has 0 aliphatic rings. The highest BCUT2D eigenvalue weighted by molar-refractivity contribution is 7.98. The molecule has 2 aromatic carbocycles. The number of nitro benzene ring substituents is 1. The molecule has 7 heteroatoms. The minimum absolute atomic E-state index is 0.0892. The number of nitro groups is 1. The molecule has 0 saturated heterocycles. The van der Waals surface area contributed by atoms with Crippen LogP contribution in [0.3, 0.4) is 0 Å². The van der Waals surface area contributed by atoms with E-state index in [1.807, 2.05) is 0 Å². The number of carboxylic acids is 1. The summed E-state index contributed by atoms with van der Waals surface area (Å²) in [6, 6.07) is 10.3. The standard InChI is InChI=1S/C15H11NO5S/c1-22-12-8-10(15(18)19)7-11(16(20)21)13(12)14(17)9-5-3-2-4-6-9/h2-8H,1H3,(H,18,19). The normalized spacial score (nSPS) is 10.2. The molecule has 22 heavy (non-hydrogen) atoms. The predicted octanol–water partition coefficient (Wildman–Crippen LogP) is 3.25. The summed E-state index contributed by atoms with van der Waals surface area (Å²) in [6.45, 7) is 0. The van der Waals surface area contributed by atoms with Gasteiger partial charge in [0.25, 0.3) is 5.69 Å². The van der Waals surface area contributed by atoms with E-state index in [-0.39, 0.29) is 16.0 Å².